The highest BCUT2D eigenvalue weighted by Crippen LogP contribution is 2.27. The second-order valence-electron chi connectivity index (χ2n) is 6.11. The van der Waals surface area contributed by atoms with Crippen LogP contribution in [0.2, 0.25) is 0 Å². The molecule has 1 fully saturated rings. The van der Waals surface area contributed by atoms with Crippen molar-refractivity contribution in [3.05, 3.63) is 71.8 Å². The maximum Gasteiger partial charge on any atom is 0.234 e. The smallest absolute Gasteiger partial charge is 0.234 e. The van der Waals surface area contributed by atoms with Gasteiger partial charge in [-0.25, -0.2) is 0 Å². The lowest BCUT2D eigenvalue weighted by molar-refractivity contribution is -0.131. The summed E-state index contributed by atoms with van der Waals surface area (Å²) in [5, 5.41) is 0. The van der Waals surface area contributed by atoms with Crippen molar-refractivity contribution < 1.29 is 9.53 Å². The minimum atomic E-state index is -0.260. The average Bonchev–Trinajstić information content (AvgIpc) is 3.10. The average molecular weight is 309 g/mol. The molecular formula is C20H23NO2. The number of carbonyl (C=O) groups is 1. The van der Waals surface area contributed by atoms with Crippen LogP contribution in [0.5, 0.6) is 0 Å². The SMILES string of the molecule is CN(CC1CCCO1)C(=O)C(c1ccccc1)c1ccccc1. The van der Waals surface area contributed by atoms with E-state index in [0.717, 1.165) is 30.6 Å². The molecule has 1 aliphatic heterocycles. The molecule has 1 atom stereocenters. The van der Waals surface area contributed by atoms with E-state index in [9.17, 15) is 4.79 Å². The number of nitrogens with zero attached hydrogens (tertiary/aromatic N) is 1. The maximum atomic E-state index is 13.1. The lowest BCUT2D eigenvalue weighted by Gasteiger charge is -2.26. The zero-order valence-electron chi connectivity index (χ0n) is 13.5. The van der Waals surface area contributed by atoms with Gasteiger partial charge in [0, 0.05) is 20.2 Å². The molecule has 3 rings (SSSR count). The third-order valence-electron chi connectivity index (χ3n) is 4.39. The first-order valence-electron chi connectivity index (χ1n) is 8.22. The summed E-state index contributed by atoms with van der Waals surface area (Å²) in [7, 11) is 1.88. The van der Waals surface area contributed by atoms with Gasteiger partial charge >= 0.3 is 0 Å². The van der Waals surface area contributed by atoms with Crippen LogP contribution >= 0.6 is 0 Å². The monoisotopic (exact) mass is 309 g/mol. The van der Waals surface area contributed by atoms with E-state index in [2.05, 4.69) is 0 Å². The van der Waals surface area contributed by atoms with Crippen molar-refractivity contribution in [2.45, 2.75) is 24.9 Å². The maximum absolute atomic E-state index is 13.1. The molecule has 0 N–H and O–H groups in total. The van der Waals surface area contributed by atoms with Crippen molar-refractivity contribution in [2.24, 2.45) is 0 Å². The highest BCUT2D eigenvalue weighted by molar-refractivity contribution is 5.87. The predicted octanol–water partition coefficient (Wildman–Crippen LogP) is 3.46. The Kier molecular flexibility index (Phi) is 5.09. The Balaban J connectivity index is 1.84. The van der Waals surface area contributed by atoms with Crippen molar-refractivity contribution in [1.29, 1.82) is 0 Å². The van der Waals surface area contributed by atoms with Gasteiger partial charge in [0.05, 0.1) is 12.0 Å². The van der Waals surface area contributed by atoms with Crippen LogP contribution in [0.15, 0.2) is 60.7 Å². The van der Waals surface area contributed by atoms with E-state index in [-0.39, 0.29) is 17.9 Å². The van der Waals surface area contributed by atoms with Crippen LogP contribution in [0.25, 0.3) is 0 Å². The van der Waals surface area contributed by atoms with Crippen LogP contribution in [0.3, 0.4) is 0 Å². The van der Waals surface area contributed by atoms with E-state index >= 15 is 0 Å². The summed E-state index contributed by atoms with van der Waals surface area (Å²) in [4.78, 5) is 14.9. The molecule has 0 aromatic heterocycles. The van der Waals surface area contributed by atoms with Gasteiger partial charge in [-0.05, 0) is 24.0 Å². The van der Waals surface area contributed by atoms with Gasteiger partial charge in [-0.1, -0.05) is 60.7 Å². The van der Waals surface area contributed by atoms with Crippen molar-refractivity contribution >= 4 is 5.91 Å². The van der Waals surface area contributed by atoms with Gasteiger partial charge in [0.1, 0.15) is 0 Å². The second kappa shape index (κ2) is 7.42. The second-order valence-corrected chi connectivity index (χ2v) is 6.11. The summed E-state index contributed by atoms with van der Waals surface area (Å²) < 4.78 is 5.67. The fourth-order valence-corrected chi connectivity index (χ4v) is 3.17. The number of amides is 1. The Labute approximate surface area is 137 Å². The minimum Gasteiger partial charge on any atom is -0.376 e. The van der Waals surface area contributed by atoms with Crippen molar-refractivity contribution in [3.8, 4) is 0 Å². The molecule has 0 spiro atoms. The molecule has 1 unspecified atom stereocenters. The van der Waals surface area contributed by atoms with Crippen molar-refractivity contribution in [2.75, 3.05) is 20.2 Å². The lowest BCUT2D eigenvalue weighted by Crippen LogP contribution is -2.37. The van der Waals surface area contributed by atoms with E-state index in [1.807, 2.05) is 72.6 Å². The standard InChI is InChI=1S/C20H23NO2/c1-21(15-18-13-8-14-23-18)20(22)19(16-9-4-2-5-10-16)17-11-6-3-7-12-17/h2-7,9-12,18-19H,8,13-15H2,1H3. The first-order valence-corrected chi connectivity index (χ1v) is 8.22. The molecule has 2 aromatic rings. The summed E-state index contributed by atoms with van der Waals surface area (Å²) in [6.07, 6.45) is 2.31. The zero-order chi connectivity index (χ0) is 16.1. The van der Waals surface area contributed by atoms with Crippen LogP contribution in [0.4, 0.5) is 0 Å². The van der Waals surface area contributed by atoms with Gasteiger partial charge in [-0.15, -0.1) is 0 Å². The molecule has 1 heterocycles. The fraction of sp³-hybridized carbons (Fsp3) is 0.350. The van der Waals surface area contributed by atoms with Crippen LogP contribution < -0.4 is 0 Å². The van der Waals surface area contributed by atoms with Crippen LogP contribution in [-0.4, -0.2) is 37.1 Å². The molecule has 120 valence electrons. The fourth-order valence-electron chi connectivity index (χ4n) is 3.17. The Bertz CT molecular complexity index is 581. The predicted molar refractivity (Wildman–Crippen MR) is 91.3 cm³/mol. The molecule has 1 amide bonds. The number of likely N-dealkylation sites (N-methyl/N-ethyl adjacent to an activating group) is 1. The number of hydrogen-bond donors (Lipinski definition) is 0. The van der Waals surface area contributed by atoms with Gasteiger partial charge in [-0.3, -0.25) is 4.79 Å². The van der Waals surface area contributed by atoms with Crippen LogP contribution in [0, 0.1) is 0 Å². The van der Waals surface area contributed by atoms with Crippen LogP contribution in [-0.2, 0) is 9.53 Å². The summed E-state index contributed by atoms with van der Waals surface area (Å²) in [6.45, 7) is 1.47. The molecule has 0 bridgehead atoms. The third kappa shape index (κ3) is 3.80. The summed E-state index contributed by atoms with van der Waals surface area (Å²) in [5.41, 5.74) is 2.06. The van der Waals surface area contributed by atoms with E-state index in [1.54, 1.807) is 0 Å². The number of ether oxygens (including phenoxy) is 1. The summed E-state index contributed by atoms with van der Waals surface area (Å²) in [6, 6.07) is 20.0. The molecule has 1 aliphatic rings. The Morgan fingerprint density at radius 2 is 1.65 bits per heavy atom. The minimum absolute atomic E-state index is 0.123. The quantitative estimate of drug-likeness (QED) is 0.846. The van der Waals surface area contributed by atoms with Gasteiger partial charge < -0.3 is 9.64 Å². The Hall–Kier alpha value is -2.13. The number of carbonyl (C=O) groups excluding carboxylic acids is 1. The van der Waals surface area contributed by atoms with Crippen LogP contribution in [0.1, 0.15) is 29.9 Å². The molecule has 1 saturated heterocycles. The van der Waals surface area contributed by atoms with Gasteiger partial charge in [0.25, 0.3) is 0 Å². The van der Waals surface area contributed by atoms with E-state index in [4.69, 9.17) is 4.74 Å². The van der Waals surface area contributed by atoms with Gasteiger partial charge in [0.15, 0.2) is 0 Å². The molecule has 3 nitrogen and oxygen atoms in total. The summed E-state index contributed by atoms with van der Waals surface area (Å²) >= 11 is 0. The van der Waals surface area contributed by atoms with Crippen molar-refractivity contribution in [3.63, 3.8) is 0 Å². The Morgan fingerprint density at radius 1 is 1.09 bits per heavy atom. The molecule has 23 heavy (non-hydrogen) atoms. The molecule has 2 aromatic carbocycles. The number of rotatable bonds is 5. The molecule has 0 aliphatic carbocycles. The molecule has 0 radical (unpaired) electrons. The van der Waals surface area contributed by atoms with E-state index < -0.39 is 0 Å². The van der Waals surface area contributed by atoms with Crippen molar-refractivity contribution in [1.82, 2.24) is 4.90 Å². The highest BCUT2D eigenvalue weighted by Gasteiger charge is 2.28. The van der Waals surface area contributed by atoms with Gasteiger partial charge in [-0.2, -0.15) is 0 Å². The molecule has 3 heteroatoms. The number of hydrogen-bond acceptors (Lipinski definition) is 2. The van der Waals surface area contributed by atoms with Gasteiger partial charge in [0.2, 0.25) is 5.91 Å². The van der Waals surface area contributed by atoms with E-state index in [1.165, 1.54) is 0 Å². The van der Waals surface area contributed by atoms with E-state index in [0.29, 0.717) is 6.54 Å². The summed E-state index contributed by atoms with van der Waals surface area (Å²) in [5.74, 6) is -0.137. The molecule has 0 saturated carbocycles. The normalized spacial score (nSPS) is 17.4. The Morgan fingerprint density at radius 3 is 2.13 bits per heavy atom. The lowest BCUT2D eigenvalue weighted by atomic mass is 9.90. The largest absolute Gasteiger partial charge is 0.376 e. The molecular weight excluding hydrogens is 286 g/mol. The highest BCUT2D eigenvalue weighted by atomic mass is 16.5. The first kappa shape index (κ1) is 15.8. The third-order valence-corrected chi connectivity index (χ3v) is 4.39. The first-order chi connectivity index (χ1) is 11.3. The number of benzene rings is 2. The zero-order valence-corrected chi connectivity index (χ0v) is 13.5. The topological polar surface area (TPSA) is 29.5 Å².